The Kier molecular flexibility index (Phi) is 28.4. The summed E-state index contributed by atoms with van der Waals surface area (Å²) in [6, 6.07) is 30.1. The van der Waals surface area contributed by atoms with Crippen LogP contribution in [0.1, 0.15) is 180 Å². The minimum atomic E-state index is -0.572. The molecule has 1 N–H and O–H groups in total. The largest absolute Gasteiger partial charge is 0.374 e. The van der Waals surface area contributed by atoms with Gasteiger partial charge >= 0.3 is 0 Å². The van der Waals surface area contributed by atoms with Crippen molar-refractivity contribution in [3.8, 4) is 0 Å². The highest BCUT2D eigenvalue weighted by molar-refractivity contribution is 5.85. The molecule has 0 saturated carbocycles. The molecule has 66 heavy (non-hydrogen) atoms. The monoisotopic (exact) mass is 912 g/mol. The number of benzene rings is 3. The third-order valence-corrected chi connectivity index (χ3v) is 13.8. The summed E-state index contributed by atoms with van der Waals surface area (Å²) >= 11 is 0. The highest BCUT2D eigenvalue weighted by Crippen LogP contribution is 2.36. The van der Waals surface area contributed by atoms with E-state index in [0.717, 1.165) is 61.6 Å². The van der Waals surface area contributed by atoms with Gasteiger partial charge in [0.25, 0.3) is 0 Å². The minimum absolute atomic E-state index is 0.0990. The Hall–Kier alpha value is -3.40. The Bertz CT molecular complexity index is 1660. The molecule has 8 heteroatoms. The van der Waals surface area contributed by atoms with Gasteiger partial charge in [-0.3, -0.25) is 9.59 Å². The zero-order valence-electron chi connectivity index (χ0n) is 41.8. The molecule has 2 unspecified atom stereocenters. The predicted octanol–water partition coefficient (Wildman–Crippen LogP) is 13.9. The predicted molar refractivity (Wildman–Crippen MR) is 269 cm³/mol. The van der Waals surface area contributed by atoms with Crippen molar-refractivity contribution < 1.29 is 33.3 Å². The Morgan fingerprint density at radius 3 is 1.62 bits per heavy atom. The lowest BCUT2D eigenvalue weighted by Gasteiger charge is -2.44. The minimum Gasteiger partial charge on any atom is -0.374 e. The zero-order valence-corrected chi connectivity index (χ0v) is 41.8. The van der Waals surface area contributed by atoms with Gasteiger partial charge in [0.15, 0.2) is 6.29 Å². The fourth-order valence-corrected chi connectivity index (χ4v) is 9.11. The van der Waals surface area contributed by atoms with E-state index in [1.807, 2.05) is 54.6 Å². The number of rotatable bonds is 37. The van der Waals surface area contributed by atoms with E-state index in [0.29, 0.717) is 38.8 Å². The van der Waals surface area contributed by atoms with Crippen molar-refractivity contribution in [3.63, 3.8) is 0 Å². The maximum atomic E-state index is 14.0. The summed E-state index contributed by atoms with van der Waals surface area (Å²) < 4.78 is 33.7. The van der Waals surface area contributed by atoms with Gasteiger partial charge in [-0.15, -0.1) is 0 Å². The molecular formula is C58H89NO7. The molecule has 1 amide bonds. The van der Waals surface area contributed by atoms with Crippen molar-refractivity contribution in [3.05, 3.63) is 108 Å². The number of ketones is 1. The van der Waals surface area contributed by atoms with E-state index in [1.54, 1.807) is 0 Å². The Labute approximate surface area is 401 Å². The van der Waals surface area contributed by atoms with Gasteiger partial charge in [-0.2, -0.15) is 0 Å². The number of hydrogen-bond donors (Lipinski definition) is 1. The molecule has 0 bridgehead atoms. The van der Waals surface area contributed by atoms with Crippen LogP contribution in [0.15, 0.2) is 91.0 Å². The number of amides is 1. The maximum absolute atomic E-state index is 14.0. The Morgan fingerprint density at radius 1 is 0.561 bits per heavy atom. The molecule has 3 aromatic rings. The molecule has 8 atom stereocenters. The fourth-order valence-electron chi connectivity index (χ4n) is 9.11. The summed E-state index contributed by atoms with van der Waals surface area (Å²) in [7, 11) is 0. The van der Waals surface area contributed by atoms with Gasteiger partial charge < -0.3 is 29.0 Å². The third kappa shape index (κ3) is 22.1. The first-order valence-corrected chi connectivity index (χ1v) is 26.3. The normalized spacial score (nSPS) is 19.9. The topological polar surface area (TPSA) is 92.3 Å². The number of Topliss-reactive ketones (excluding diaryl/α,β-unsaturated/α-hetero) is 1. The molecular weight excluding hydrogens is 823 g/mol. The van der Waals surface area contributed by atoms with E-state index >= 15 is 0 Å². The second kappa shape index (κ2) is 34.0. The van der Waals surface area contributed by atoms with Crippen molar-refractivity contribution in [1.29, 1.82) is 0 Å². The summed E-state index contributed by atoms with van der Waals surface area (Å²) in [5.41, 5.74) is 3.25. The summed E-state index contributed by atoms with van der Waals surface area (Å²) in [5, 5.41) is 3.35. The molecule has 3 aromatic carbocycles. The zero-order chi connectivity index (χ0) is 47.0. The lowest BCUT2D eigenvalue weighted by atomic mass is 9.79. The van der Waals surface area contributed by atoms with E-state index in [-0.39, 0.29) is 55.2 Å². The summed E-state index contributed by atoms with van der Waals surface area (Å²) in [5.74, 6) is 0.622. The van der Waals surface area contributed by atoms with Crippen LogP contribution in [-0.2, 0) is 53.1 Å². The molecule has 0 aliphatic carbocycles. The quantitative estimate of drug-likeness (QED) is 0.0576. The van der Waals surface area contributed by atoms with Crippen LogP contribution in [0.2, 0.25) is 0 Å². The Morgan fingerprint density at radius 2 is 1.06 bits per heavy atom. The molecule has 8 nitrogen and oxygen atoms in total. The van der Waals surface area contributed by atoms with Crippen molar-refractivity contribution in [1.82, 2.24) is 5.32 Å². The first-order chi connectivity index (χ1) is 32.3. The average Bonchev–Trinajstić information content (AvgIpc) is 3.34. The van der Waals surface area contributed by atoms with Crippen molar-refractivity contribution in [2.75, 3.05) is 13.2 Å². The van der Waals surface area contributed by atoms with E-state index in [9.17, 15) is 9.59 Å². The lowest BCUT2D eigenvalue weighted by Crippen LogP contribution is -2.55. The van der Waals surface area contributed by atoms with Crippen molar-refractivity contribution in [2.24, 2.45) is 17.8 Å². The van der Waals surface area contributed by atoms with Crippen LogP contribution in [0.3, 0.4) is 0 Å². The molecule has 1 heterocycles. The standard InChI is InChI=1S/C58H89NO7/c1-6-8-10-12-13-14-15-16-17-18-19-30-38-54(63-42-50-33-25-21-26-34-50)57(64-43-51-35-27-22-28-36-51)53(59-56(61)40-39-52(60)37-29-11-9-7-2)44-65-58-48(5)46(3)47(4)55(66-58)45-62-41-49-31-23-20-24-32-49/h20-28,31-36,46-48,53-55,57-58H,6-19,29-30,37-45H2,1-5H3,(H,59,61)/t46-,47+,48?,53-,54+,55?,57-,58-/m0/s1. The molecule has 1 aliphatic heterocycles. The van der Waals surface area contributed by atoms with Crippen LogP contribution in [0.5, 0.6) is 0 Å². The van der Waals surface area contributed by atoms with E-state index in [1.165, 1.54) is 64.2 Å². The number of nitrogens with one attached hydrogen (secondary N) is 1. The second-order valence-electron chi connectivity index (χ2n) is 19.3. The number of carbonyl (C=O) groups is 2. The molecule has 0 aromatic heterocycles. The molecule has 0 spiro atoms. The molecule has 0 radical (unpaired) electrons. The van der Waals surface area contributed by atoms with Gasteiger partial charge in [0.1, 0.15) is 11.9 Å². The smallest absolute Gasteiger partial charge is 0.220 e. The average molecular weight is 912 g/mol. The highest BCUT2D eigenvalue weighted by atomic mass is 16.7. The van der Waals surface area contributed by atoms with Crippen molar-refractivity contribution in [2.45, 2.75) is 213 Å². The molecule has 1 aliphatic rings. The van der Waals surface area contributed by atoms with Crippen LogP contribution < -0.4 is 5.32 Å². The van der Waals surface area contributed by atoms with Crippen molar-refractivity contribution >= 4 is 11.7 Å². The number of ether oxygens (including phenoxy) is 5. The van der Waals surface area contributed by atoms with Crippen LogP contribution >= 0.6 is 0 Å². The van der Waals surface area contributed by atoms with E-state index < -0.39 is 18.4 Å². The van der Waals surface area contributed by atoms with E-state index in [4.69, 9.17) is 23.7 Å². The molecule has 1 saturated heterocycles. The van der Waals surface area contributed by atoms with Crippen LogP contribution in [0.25, 0.3) is 0 Å². The van der Waals surface area contributed by atoms with Gasteiger partial charge in [0, 0.05) is 25.2 Å². The molecule has 4 rings (SSSR count). The first kappa shape index (κ1) is 55.2. The van der Waals surface area contributed by atoms with Gasteiger partial charge in [0.2, 0.25) is 5.91 Å². The lowest BCUT2D eigenvalue weighted by molar-refractivity contribution is -0.262. The van der Waals surface area contributed by atoms with Crippen LogP contribution in [-0.4, -0.2) is 55.5 Å². The van der Waals surface area contributed by atoms with E-state index in [2.05, 4.69) is 76.3 Å². The van der Waals surface area contributed by atoms with Gasteiger partial charge in [-0.1, -0.05) is 222 Å². The third-order valence-electron chi connectivity index (χ3n) is 13.8. The maximum Gasteiger partial charge on any atom is 0.220 e. The number of hydrogen-bond acceptors (Lipinski definition) is 7. The first-order valence-electron chi connectivity index (χ1n) is 26.3. The summed E-state index contributed by atoms with van der Waals surface area (Å²) in [6.07, 6.45) is 19.4. The number of carbonyl (C=O) groups excluding carboxylic acids is 2. The SMILES string of the molecule is CCCCCCCCCCCCCC[C@@H](OCc1ccccc1)[C@@H](OCc1ccccc1)[C@H](CO[C@H]1OC(COCc2ccccc2)[C@H](C)[C@H](C)C1C)NC(=O)CCC(=O)CCCCCC. The summed E-state index contributed by atoms with van der Waals surface area (Å²) in [4.78, 5) is 27.0. The van der Waals surface area contributed by atoms with Crippen LogP contribution in [0, 0.1) is 17.8 Å². The van der Waals surface area contributed by atoms with Gasteiger partial charge in [0.05, 0.1) is 51.3 Å². The molecule has 1 fully saturated rings. The second-order valence-corrected chi connectivity index (χ2v) is 19.3. The van der Waals surface area contributed by atoms with Gasteiger partial charge in [-0.25, -0.2) is 0 Å². The Balaban J connectivity index is 1.53. The summed E-state index contributed by atoms with van der Waals surface area (Å²) in [6.45, 7) is 13.0. The van der Waals surface area contributed by atoms with Gasteiger partial charge in [-0.05, 0) is 41.4 Å². The highest BCUT2D eigenvalue weighted by Gasteiger charge is 2.41. The van der Waals surface area contributed by atoms with Crippen LogP contribution in [0.4, 0.5) is 0 Å². The molecule has 368 valence electrons. The number of unbranched alkanes of at least 4 members (excludes halogenated alkanes) is 14. The fraction of sp³-hybridized carbons (Fsp3) is 0.655.